The van der Waals surface area contributed by atoms with Gasteiger partial charge in [-0.15, -0.1) is 0 Å². The molecule has 0 saturated carbocycles. The molecule has 0 N–H and O–H groups in total. The molecule has 0 spiro atoms. The second-order valence-electron chi connectivity index (χ2n) is 7.60. The summed E-state index contributed by atoms with van der Waals surface area (Å²) in [6.45, 7) is 3.27. The number of piperazine rings is 1. The van der Waals surface area contributed by atoms with E-state index in [4.69, 9.17) is 16.6 Å². The highest BCUT2D eigenvalue weighted by Gasteiger charge is 2.37. The van der Waals surface area contributed by atoms with Crippen LogP contribution in [0, 0.1) is 0 Å². The van der Waals surface area contributed by atoms with E-state index in [1.54, 1.807) is 0 Å². The quantitative estimate of drug-likeness (QED) is 0.701. The Morgan fingerprint density at radius 1 is 1.04 bits per heavy atom. The van der Waals surface area contributed by atoms with Crippen LogP contribution in [0.3, 0.4) is 0 Å². The van der Waals surface area contributed by atoms with Crippen molar-refractivity contribution in [2.24, 2.45) is 0 Å². The zero-order valence-electron chi connectivity index (χ0n) is 15.0. The summed E-state index contributed by atoms with van der Waals surface area (Å²) in [5.41, 5.74) is 4.49. The number of rotatable bonds is 3. The molecule has 1 aromatic carbocycles. The molecule has 0 amide bonds. The molecule has 5 heteroatoms. The molecular weight excluding hydrogens is 344 g/mol. The number of pyridine rings is 1. The summed E-state index contributed by atoms with van der Waals surface area (Å²) in [6.07, 6.45) is 4.77. The number of aromatic nitrogens is 2. The lowest BCUT2D eigenvalue weighted by molar-refractivity contribution is -0.0117. The molecule has 4 nitrogen and oxygen atoms in total. The molecule has 1 unspecified atom stereocenters. The molecule has 3 aliphatic rings. The van der Waals surface area contributed by atoms with Crippen molar-refractivity contribution < 1.29 is 0 Å². The second kappa shape index (κ2) is 6.38. The van der Waals surface area contributed by atoms with Crippen molar-refractivity contribution in [1.29, 1.82) is 0 Å². The first kappa shape index (κ1) is 16.3. The average Bonchev–Trinajstić information content (AvgIpc) is 3.02. The highest BCUT2D eigenvalue weighted by Crippen LogP contribution is 2.32. The second-order valence-corrected chi connectivity index (χ2v) is 8.03. The summed E-state index contributed by atoms with van der Waals surface area (Å²) in [6, 6.07) is 15.6. The molecule has 0 aliphatic carbocycles. The van der Waals surface area contributed by atoms with Crippen LogP contribution in [0.2, 0.25) is 5.02 Å². The van der Waals surface area contributed by atoms with Crippen molar-refractivity contribution in [3.8, 4) is 11.3 Å². The van der Waals surface area contributed by atoms with Crippen LogP contribution in [0.4, 0.5) is 0 Å². The number of hydrogen-bond acceptors (Lipinski definition) is 3. The van der Waals surface area contributed by atoms with Gasteiger partial charge in [0, 0.05) is 48.5 Å². The highest BCUT2D eigenvalue weighted by molar-refractivity contribution is 6.30. The predicted octanol–water partition coefficient (Wildman–Crippen LogP) is 3.93. The van der Waals surface area contributed by atoms with Crippen LogP contribution in [0.1, 0.15) is 18.5 Å². The predicted molar refractivity (Wildman–Crippen MR) is 105 cm³/mol. The average molecular weight is 367 g/mol. The normalized spacial score (nSPS) is 23.8. The van der Waals surface area contributed by atoms with Crippen LogP contribution >= 0.6 is 11.6 Å². The van der Waals surface area contributed by atoms with Crippen molar-refractivity contribution in [2.75, 3.05) is 20.1 Å². The van der Waals surface area contributed by atoms with Crippen molar-refractivity contribution in [3.05, 3.63) is 59.4 Å². The van der Waals surface area contributed by atoms with Crippen LogP contribution in [0.15, 0.2) is 48.7 Å². The standard InChI is InChI=1S/C21H23ClN4/c1-24-12-18-10-9-17(24)13-25(18)14-19-21(15-5-7-16(22)8-6-15)23-20-4-2-3-11-26(19)20/h2-8,11,17-18H,9-10,12-14H2,1H3/t17?,18-/m0/s1. The summed E-state index contributed by atoms with van der Waals surface area (Å²) in [5.74, 6) is 0. The number of likely N-dealkylation sites (N-methyl/N-ethyl adjacent to an activating group) is 1. The molecule has 2 atom stereocenters. The molecule has 0 radical (unpaired) electrons. The molecular formula is C21H23ClN4. The Morgan fingerprint density at radius 2 is 1.85 bits per heavy atom. The maximum atomic E-state index is 6.09. The fourth-order valence-corrected chi connectivity index (χ4v) is 4.68. The van der Waals surface area contributed by atoms with Gasteiger partial charge in [-0.3, -0.25) is 4.90 Å². The Kier molecular flexibility index (Phi) is 4.00. The van der Waals surface area contributed by atoms with Crippen molar-refractivity contribution in [2.45, 2.75) is 31.5 Å². The van der Waals surface area contributed by atoms with Crippen molar-refractivity contribution in [3.63, 3.8) is 0 Å². The molecule has 2 aromatic heterocycles. The first-order chi connectivity index (χ1) is 12.7. The summed E-state index contributed by atoms with van der Waals surface area (Å²) in [7, 11) is 2.27. The molecule has 6 rings (SSSR count). The Bertz CT molecular complexity index is 933. The Labute approximate surface area is 159 Å². The van der Waals surface area contributed by atoms with Gasteiger partial charge in [-0.25, -0.2) is 4.98 Å². The smallest absolute Gasteiger partial charge is 0.137 e. The zero-order valence-corrected chi connectivity index (χ0v) is 15.7. The number of imidazole rings is 1. The zero-order chi connectivity index (χ0) is 17.7. The van der Waals surface area contributed by atoms with Gasteiger partial charge in [-0.05, 0) is 44.2 Å². The molecule has 26 heavy (non-hydrogen) atoms. The lowest BCUT2D eigenvalue weighted by Crippen LogP contribution is -2.60. The summed E-state index contributed by atoms with van der Waals surface area (Å²) in [5, 5.41) is 0.760. The maximum absolute atomic E-state index is 6.09. The third-order valence-electron chi connectivity index (χ3n) is 6.02. The van der Waals surface area contributed by atoms with Crippen LogP contribution in [0.5, 0.6) is 0 Å². The first-order valence-electron chi connectivity index (χ1n) is 9.35. The lowest BCUT2D eigenvalue weighted by atomic mass is 9.91. The van der Waals surface area contributed by atoms with E-state index in [9.17, 15) is 0 Å². The monoisotopic (exact) mass is 366 g/mol. The third kappa shape index (κ3) is 2.73. The van der Waals surface area contributed by atoms with E-state index in [0.29, 0.717) is 12.1 Å². The van der Waals surface area contributed by atoms with Gasteiger partial charge < -0.3 is 9.30 Å². The number of benzene rings is 1. The molecule has 3 aromatic rings. The fourth-order valence-electron chi connectivity index (χ4n) is 4.55. The number of nitrogens with zero attached hydrogens (tertiary/aromatic N) is 4. The number of piperidine rings is 2. The first-order valence-corrected chi connectivity index (χ1v) is 9.73. The largest absolute Gasteiger partial charge is 0.302 e. The lowest BCUT2D eigenvalue weighted by Gasteiger charge is -2.50. The van der Waals surface area contributed by atoms with Gasteiger partial charge in [0.25, 0.3) is 0 Å². The van der Waals surface area contributed by atoms with Gasteiger partial charge in [0.05, 0.1) is 11.4 Å². The fraction of sp³-hybridized carbons (Fsp3) is 0.381. The summed E-state index contributed by atoms with van der Waals surface area (Å²) >= 11 is 6.09. The van der Waals surface area contributed by atoms with Crippen LogP contribution in [-0.4, -0.2) is 51.4 Å². The molecule has 134 valence electrons. The number of hydrogen-bond donors (Lipinski definition) is 0. The Morgan fingerprint density at radius 3 is 2.58 bits per heavy atom. The van der Waals surface area contributed by atoms with Gasteiger partial charge in [0.2, 0.25) is 0 Å². The number of fused-ring (bicyclic) bond motifs is 4. The maximum Gasteiger partial charge on any atom is 0.137 e. The van der Waals surface area contributed by atoms with E-state index >= 15 is 0 Å². The van der Waals surface area contributed by atoms with Gasteiger partial charge in [-0.2, -0.15) is 0 Å². The molecule has 5 heterocycles. The molecule has 2 bridgehead atoms. The van der Waals surface area contributed by atoms with E-state index in [1.165, 1.54) is 25.1 Å². The minimum atomic E-state index is 0.650. The topological polar surface area (TPSA) is 23.8 Å². The van der Waals surface area contributed by atoms with Crippen molar-refractivity contribution >= 4 is 17.2 Å². The van der Waals surface area contributed by atoms with E-state index in [-0.39, 0.29) is 0 Å². The van der Waals surface area contributed by atoms with Crippen LogP contribution in [-0.2, 0) is 6.54 Å². The molecule has 3 aliphatic heterocycles. The van der Waals surface area contributed by atoms with E-state index in [2.05, 4.69) is 57.8 Å². The highest BCUT2D eigenvalue weighted by atomic mass is 35.5. The minimum Gasteiger partial charge on any atom is -0.302 e. The van der Waals surface area contributed by atoms with Gasteiger partial charge >= 0.3 is 0 Å². The van der Waals surface area contributed by atoms with Crippen LogP contribution < -0.4 is 0 Å². The van der Waals surface area contributed by atoms with E-state index in [0.717, 1.165) is 35.0 Å². The third-order valence-corrected chi connectivity index (χ3v) is 6.27. The van der Waals surface area contributed by atoms with E-state index < -0.39 is 0 Å². The molecule has 3 saturated heterocycles. The molecule has 3 fully saturated rings. The minimum absolute atomic E-state index is 0.650. The number of halogens is 1. The van der Waals surface area contributed by atoms with Gasteiger partial charge in [0.15, 0.2) is 0 Å². The van der Waals surface area contributed by atoms with E-state index in [1.807, 2.05) is 12.1 Å². The van der Waals surface area contributed by atoms with Crippen molar-refractivity contribution in [1.82, 2.24) is 19.2 Å². The summed E-state index contributed by atoms with van der Waals surface area (Å²) in [4.78, 5) is 10.1. The SMILES string of the molecule is CN1C[C@@H]2CCC1CN2Cc1c(-c2ccc(Cl)cc2)nc2ccccn12. The Hall–Kier alpha value is -1.88. The van der Waals surface area contributed by atoms with Gasteiger partial charge in [0.1, 0.15) is 5.65 Å². The van der Waals surface area contributed by atoms with Gasteiger partial charge in [-0.1, -0.05) is 29.8 Å². The summed E-state index contributed by atoms with van der Waals surface area (Å²) < 4.78 is 2.25. The Balaban J connectivity index is 1.56. The van der Waals surface area contributed by atoms with Crippen LogP contribution in [0.25, 0.3) is 16.9 Å².